The fraction of sp³-hybridized carbons (Fsp3) is 0.214. The van der Waals surface area contributed by atoms with Crippen molar-refractivity contribution in [1.82, 2.24) is 5.32 Å². The van der Waals surface area contributed by atoms with Crippen molar-refractivity contribution in [3.05, 3.63) is 58.3 Å². The van der Waals surface area contributed by atoms with E-state index in [2.05, 4.69) is 10.7 Å². The Labute approximate surface area is 111 Å². The van der Waals surface area contributed by atoms with Crippen molar-refractivity contribution in [1.29, 1.82) is 0 Å². The smallest absolute Gasteiger partial charge is 0.239 e. The second-order valence-corrected chi connectivity index (χ2v) is 4.97. The lowest BCUT2D eigenvalue weighted by molar-refractivity contribution is -0.120. The second-order valence-electron chi connectivity index (χ2n) is 4.19. The maximum absolute atomic E-state index is 11.6. The zero-order chi connectivity index (χ0) is 13.0. The van der Waals surface area contributed by atoms with Gasteiger partial charge in [-0.25, -0.2) is 0 Å². The first kappa shape index (κ1) is 12.8. The Morgan fingerprint density at radius 1 is 1.22 bits per heavy atom. The summed E-state index contributed by atoms with van der Waals surface area (Å²) in [5.74, 6) is -0.358. The molecule has 2 unspecified atom stereocenters. The van der Waals surface area contributed by atoms with Crippen LogP contribution in [-0.4, -0.2) is 5.91 Å². The monoisotopic (exact) mass is 260 g/mol. The Balaban J connectivity index is 2.15. The largest absolute Gasteiger partial charge is 0.368 e. The van der Waals surface area contributed by atoms with Gasteiger partial charge in [-0.3, -0.25) is 10.1 Å². The van der Waals surface area contributed by atoms with Crippen LogP contribution in [0.4, 0.5) is 0 Å². The Kier molecular flexibility index (Phi) is 4.12. The summed E-state index contributed by atoms with van der Waals surface area (Å²) in [6.07, 6.45) is 0. The van der Waals surface area contributed by atoms with Crippen molar-refractivity contribution in [2.75, 3.05) is 0 Å². The van der Waals surface area contributed by atoms with Crippen LogP contribution in [0.5, 0.6) is 0 Å². The number of carbonyl (C=O) groups excluding carboxylic acids is 1. The molecule has 3 nitrogen and oxygen atoms in total. The van der Waals surface area contributed by atoms with Crippen LogP contribution in [0, 0.1) is 0 Å². The van der Waals surface area contributed by atoms with Crippen LogP contribution in [-0.2, 0) is 4.79 Å². The van der Waals surface area contributed by atoms with E-state index in [1.54, 1.807) is 11.3 Å². The number of rotatable bonds is 5. The Bertz CT molecular complexity index is 496. The summed E-state index contributed by atoms with van der Waals surface area (Å²) in [5.41, 5.74) is 7.54. The van der Waals surface area contributed by atoms with Gasteiger partial charge in [0.15, 0.2) is 0 Å². The SMILES string of the molecule is CC(NC(C(N)=O)c1ccccc1)c1ccsc1. The van der Waals surface area contributed by atoms with E-state index in [1.807, 2.05) is 48.7 Å². The Morgan fingerprint density at radius 3 is 2.50 bits per heavy atom. The molecule has 3 N–H and O–H groups in total. The number of primary amides is 1. The van der Waals surface area contributed by atoms with Crippen LogP contribution in [0.2, 0.25) is 0 Å². The first-order chi connectivity index (χ1) is 8.68. The van der Waals surface area contributed by atoms with E-state index < -0.39 is 6.04 Å². The third kappa shape index (κ3) is 2.97. The minimum atomic E-state index is -0.457. The van der Waals surface area contributed by atoms with Gasteiger partial charge in [0.2, 0.25) is 5.91 Å². The zero-order valence-electron chi connectivity index (χ0n) is 10.2. The van der Waals surface area contributed by atoms with Crippen molar-refractivity contribution in [2.45, 2.75) is 19.0 Å². The lowest BCUT2D eigenvalue weighted by Crippen LogP contribution is -2.35. The summed E-state index contributed by atoms with van der Waals surface area (Å²) in [5, 5.41) is 7.36. The van der Waals surface area contributed by atoms with E-state index in [9.17, 15) is 4.79 Å². The maximum atomic E-state index is 11.6. The molecule has 0 aliphatic rings. The molecule has 1 heterocycles. The van der Waals surface area contributed by atoms with E-state index in [-0.39, 0.29) is 11.9 Å². The van der Waals surface area contributed by atoms with Crippen molar-refractivity contribution in [3.8, 4) is 0 Å². The molecule has 0 bridgehead atoms. The molecule has 0 radical (unpaired) electrons. The lowest BCUT2D eigenvalue weighted by Gasteiger charge is -2.20. The number of carbonyl (C=O) groups is 1. The molecule has 2 atom stereocenters. The fourth-order valence-electron chi connectivity index (χ4n) is 1.86. The van der Waals surface area contributed by atoms with Gasteiger partial charge in [0.25, 0.3) is 0 Å². The van der Waals surface area contributed by atoms with Gasteiger partial charge in [0, 0.05) is 6.04 Å². The molecule has 0 spiro atoms. The van der Waals surface area contributed by atoms with Gasteiger partial charge in [0.1, 0.15) is 6.04 Å². The van der Waals surface area contributed by atoms with Crippen molar-refractivity contribution in [2.24, 2.45) is 5.73 Å². The topological polar surface area (TPSA) is 55.1 Å². The van der Waals surface area contributed by atoms with Crippen LogP contribution < -0.4 is 11.1 Å². The molecule has 18 heavy (non-hydrogen) atoms. The van der Waals surface area contributed by atoms with Gasteiger partial charge in [-0.05, 0) is 34.9 Å². The normalized spacial score (nSPS) is 14.1. The molecule has 0 aliphatic heterocycles. The molecule has 2 aromatic rings. The molecule has 94 valence electrons. The highest BCUT2D eigenvalue weighted by atomic mass is 32.1. The van der Waals surface area contributed by atoms with Gasteiger partial charge < -0.3 is 5.73 Å². The van der Waals surface area contributed by atoms with Crippen molar-refractivity contribution >= 4 is 17.2 Å². The molecular weight excluding hydrogens is 244 g/mol. The fourth-order valence-corrected chi connectivity index (χ4v) is 2.61. The van der Waals surface area contributed by atoms with E-state index in [4.69, 9.17) is 5.73 Å². The zero-order valence-corrected chi connectivity index (χ0v) is 11.0. The molecule has 0 saturated heterocycles. The molecular formula is C14H16N2OS. The average molecular weight is 260 g/mol. The summed E-state index contributed by atoms with van der Waals surface area (Å²) in [6, 6.07) is 11.2. The van der Waals surface area contributed by atoms with Gasteiger partial charge in [0.05, 0.1) is 0 Å². The van der Waals surface area contributed by atoms with Crippen LogP contribution in [0.3, 0.4) is 0 Å². The third-order valence-corrected chi connectivity index (χ3v) is 3.58. The average Bonchev–Trinajstić information content (AvgIpc) is 2.90. The molecule has 1 aromatic carbocycles. The van der Waals surface area contributed by atoms with Crippen LogP contribution in [0.15, 0.2) is 47.2 Å². The van der Waals surface area contributed by atoms with E-state index in [1.165, 1.54) is 5.56 Å². The molecule has 1 amide bonds. The number of nitrogens with one attached hydrogen (secondary N) is 1. The highest BCUT2D eigenvalue weighted by Crippen LogP contribution is 2.21. The summed E-state index contributed by atoms with van der Waals surface area (Å²) in [6.45, 7) is 2.03. The quantitative estimate of drug-likeness (QED) is 0.868. The van der Waals surface area contributed by atoms with E-state index in [0.29, 0.717) is 0 Å². The molecule has 1 aromatic heterocycles. The van der Waals surface area contributed by atoms with E-state index >= 15 is 0 Å². The molecule has 0 saturated carbocycles. The number of hydrogen-bond acceptors (Lipinski definition) is 3. The Hall–Kier alpha value is -1.65. The highest BCUT2D eigenvalue weighted by Gasteiger charge is 2.20. The van der Waals surface area contributed by atoms with Crippen molar-refractivity contribution in [3.63, 3.8) is 0 Å². The maximum Gasteiger partial charge on any atom is 0.239 e. The number of hydrogen-bond donors (Lipinski definition) is 2. The molecule has 4 heteroatoms. The number of nitrogens with two attached hydrogens (primary N) is 1. The second kappa shape index (κ2) is 5.80. The summed E-state index contributed by atoms with van der Waals surface area (Å²) in [4.78, 5) is 11.6. The van der Waals surface area contributed by atoms with Gasteiger partial charge in [-0.2, -0.15) is 11.3 Å². The number of benzene rings is 1. The third-order valence-electron chi connectivity index (χ3n) is 2.88. The predicted molar refractivity (Wildman–Crippen MR) is 74.2 cm³/mol. The van der Waals surface area contributed by atoms with Crippen molar-refractivity contribution < 1.29 is 4.79 Å². The minimum Gasteiger partial charge on any atom is -0.368 e. The van der Waals surface area contributed by atoms with Gasteiger partial charge in [-0.1, -0.05) is 30.3 Å². The first-order valence-electron chi connectivity index (χ1n) is 5.81. The Morgan fingerprint density at radius 2 is 1.94 bits per heavy atom. The van der Waals surface area contributed by atoms with Crippen LogP contribution in [0.1, 0.15) is 30.1 Å². The van der Waals surface area contributed by atoms with Gasteiger partial charge in [-0.15, -0.1) is 0 Å². The molecule has 2 rings (SSSR count). The number of thiophene rings is 1. The predicted octanol–water partition coefficient (Wildman–Crippen LogP) is 2.63. The standard InChI is InChI=1S/C14H16N2OS/c1-10(12-7-8-18-9-12)16-13(14(15)17)11-5-3-2-4-6-11/h2-10,13,16H,1H3,(H2,15,17). The highest BCUT2D eigenvalue weighted by molar-refractivity contribution is 7.07. The first-order valence-corrected chi connectivity index (χ1v) is 6.75. The minimum absolute atomic E-state index is 0.0916. The van der Waals surface area contributed by atoms with E-state index in [0.717, 1.165) is 5.56 Å². The summed E-state index contributed by atoms with van der Waals surface area (Å²) in [7, 11) is 0. The number of amides is 1. The van der Waals surface area contributed by atoms with Crippen LogP contribution in [0.25, 0.3) is 0 Å². The molecule has 0 fully saturated rings. The lowest BCUT2D eigenvalue weighted by atomic mass is 10.0. The summed E-state index contributed by atoms with van der Waals surface area (Å²) < 4.78 is 0. The van der Waals surface area contributed by atoms with Crippen LogP contribution >= 0.6 is 11.3 Å². The van der Waals surface area contributed by atoms with Gasteiger partial charge >= 0.3 is 0 Å². The molecule has 0 aliphatic carbocycles. The summed E-state index contributed by atoms with van der Waals surface area (Å²) >= 11 is 1.64.